The highest BCUT2D eigenvalue weighted by Crippen LogP contribution is 2.40. The van der Waals surface area contributed by atoms with Crippen molar-refractivity contribution in [1.82, 2.24) is 15.5 Å². The number of ether oxygens (including phenoxy) is 1. The molecule has 12 heteroatoms. The van der Waals surface area contributed by atoms with Crippen molar-refractivity contribution in [2.45, 2.75) is 57.3 Å². The molecule has 1 spiro atoms. The molecule has 2 aliphatic rings. The molecule has 2 N–H and O–H groups in total. The maximum absolute atomic E-state index is 11.9. The van der Waals surface area contributed by atoms with Crippen LogP contribution in [-0.4, -0.2) is 64.7 Å². The predicted octanol–water partition coefficient (Wildman–Crippen LogP) is 2.46. The first-order valence-corrected chi connectivity index (χ1v) is 10.1. The number of anilines is 1. The van der Waals surface area contributed by atoms with E-state index < -0.39 is 12.1 Å². The van der Waals surface area contributed by atoms with E-state index in [1.807, 2.05) is 13.8 Å². The molecule has 1 amide bonds. The zero-order valence-electron chi connectivity index (χ0n) is 16.2. The molecule has 1 aromatic rings. The van der Waals surface area contributed by atoms with Crippen molar-refractivity contribution in [3.8, 4) is 0 Å². The molecule has 0 bridgehead atoms. The van der Waals surface area contributed by atoms with Crippen molar-refractivity contribution in [2.24, 2.45) is 5.92 Å². The molecule has 2 fully saturated rings. The standard InChI is InChI=1S/C15H24N4O2S.C2HF3O2/c1-11(2)17-13(20)7-12-8-15(21-9-12)3-5-19(6-4-15)14-18-16-10-22-14;3-2(4,5)1(6)7/h10-12H,3-9H2,1-2H3,(H,17,20);(H,6,7). The number of nitrogens with one attached hydrogen (secondary N) is 1. The van der Waals surface area contributed by atoms with Gasteiger partial charge in [0.05, 0.1) is 12.2 Å². The smallest absolute Gasteiger partial charge is 0.475 e. The topological polar surface area (TPSA) is 105 Å². The van der Waals surface area contributed by atoms with Gasteiger partial charge >= 0.3 is 12.1 Å². The fourth-order valence-corrected chi connectivity index (χ4v) is 4.09. The number of hydrogen-bond acceptors (Lipinski definition) is 7. The van der Waals surface area contributed by atoms with Crippen molar-refractivity contribution in [2.75, 3.05) is 24.6 Å². The third-order valence-corrected chi connectivity index (χ3v) is 5.50. The predicted molar refractivity (Wildman–Crippen MR) is 99.7 cm³/mol. The summed E-state index contributed by atoms with van der Waals surface area (Å²) < 4.78 is 37.9. The van der Waals surface area contributed by atoms with E-state index >= 15 is 0 Å². The normalized spacial score (nSPS) is 21.0. The number of rotatable bonds is 4. The Morgan fingerprint density at radius 3 is 2.52 bits per heavy atom. The van der Waals surface area contributed by atoms with Gasteiger partial charge in [-0.15, -0.1) is 10.2 Å². The maximum atomic E-state index is 11.9. The van der Waals surface area contributed by atoms with Crippen LogP contribution >= 0.6 is 11.3 Å². The highest BCUT2D eigenvalue weighted by molar-refractivity contribution is 7.13. The lowest BCUT2D eigenvalue weighted by molar-refractivity contribution is -0.192. The maximum Gasteiger partial charge on any atom is 0.490 e. The first-order chi connectivity index (χ1) is 13.5. The number of hydrogen-bond donors (Lipinski definition) is 2. The Morgan fingerprint density at radius 2 is 2.03 bits per heavy atom. The lowest BCUT2D eigenvalue weighted by Crippen LogP contribution is -2.44. The van der Waals surface area contributed by atoms with Gasteiger partial charge in [-0.2, -0.15) is 13.2 Å². The molecule has 8 nitrogen and oxygen atoms in total. The largest absolute Gasteiger partial charge is 0.490 e. The van der Waals surface area contributed by atoms with Crippen LogP contribution in [0.15, 0.2) is 5.51 Å². The van der Waals surface area contributed by atoms with Gasteiger partial charge in [-0.25, -0.2) is 4.79 Å². The number of carbonyl (C=O) groups is 2. The van der Waals surface area contributed by atoms with Gasteiger partial charge in [0.15, 0.2) is 0 Å². The molecule has 3 rings (SSSR count). The minimum atomic E-state index is -5.08. The number of amides is 1. The quantitative estimate of drug-likeness (QED) is 0.744. The van der Waals surface area contributed by atoms with E-state index in [1.54, 1.807) is 16.8 Å². The summed E-state index contributed by atoms with van der Waals surface area (Å²) in [4.78, 5) is 23.1. The second-order valence-electron chi connectivity index (χ2n) is 7.50. The van der Waals surface area contributed by atoms with Crippen LogP contribution < -0.4 is 10.2 Å². The Morgan fingerprint density at radius 1 is 1.41 bits per heavy atom. The Kier molecular flexibility index (Phi) is 7.80. The van der Waals surface area contributed by atoms with Crippen molar-refractivity contribution in [3.63, 3.8) is 0 Å². The highest BCUT2D eigenvalue weighted by Gasteiger charge is 2.43. The first kappa shape index (κ1) is 23.3. The second-order valence-corrected chi connectivity index (χ2v) is 8.31. The minimum absolute atomic E-state index is 0.0238. The number of piperidine rings is 1. The molecule has 0 aromatic carbocycles. The second kappa shape index (κ2) is 9.70. The fourth-order valence-electron chi connectivity index (χ4n) is 3.47. The van der Waals surface area contributed by atoms with Crippen LogP contribution in [0.25, 0.3) is 0 Å². The van der Waals surface area contributed by atoms with E-state index in [0.29, 0.717) is 18.9 Å². The Labute approximate surface area is 170 Å². The molecule has 29 heavy (non-hydrogen) atoms. The van der Waals surface area contributed by atoms with Crippen molar-refractivity contribution < 1.29 is 32.6 Å². The third kappa shape index (κ3) is 7.11. The zero-order valence-corrected chi connectivity index (χ0v) is 17.1. The molecule has 1 unspecified atom stereocenters. The van der Waals surface area contributed by atoms with Gasteiger partial charge in [-0.05, 0) is 39.0 Å². The Bertz CT molecular complexity index is 677. The van der Waals surface area contributed by atoms with Gasteiger partial charge in [0.2, 0.25) is 11.0 Å². The number of carbonyl (C=O) groups excluding carboxylic acids is 1. The summed E-state index contributed by atoms with van der Waals surface area (Å²) in [6.07, 6.45) is -1.48. The van der Waals surface area contributed by atoms with E-state index in [9.17, 15) is 18.0 Å². The summed E-state index contributed by atoms with van der Waals surface area (Å²) in [5.74, 6) is -2.26. The van der Waals surface area contributed by atoms with Crippen LogP contribution in [0, 0.1) is 5.92 Å². The van der Waals surface area contributed by atoms with Crippen molar-refractivity contribution in [1.29, 1.82) is 0 Å². The third-order valence-electron chi connectivity index (χ3n) is 4.75. The van der Waals surface area contributed by atoms with Crippen molar-refractivity contribution in [3.05, 3.63) is 5.51 Å². The number of halogens is 3. The van der Waals surface area contributed by atoms with E-state index in [4.69, 9.17) is 14.6 Å². The van der Waals surface area contributed by atoms with Crippen LogP contribution in [0.5, 0.6) is 0 Å². The fraction of sp³-hybridized carbons (Fsp3) is 0.765. The molecular weight excluding hydrogens is 413 g/mol. The molecule has 2 aliphatic heterocycles. The van der Waals surface area contributed by atoms with E-state index in [1.165, 1.54) is 0 Å². The van der Waals surface area contributed by atoms with Crippen LogP contribution in [0.3, 0.4) is 0 Å². The number of aliphatic carboxylic acids is 1. The SMILES string of the molecule is CC(C)NC(=O)CC1COC2(CCN(c3nncs3)CC2)C1.O=C(O)C(F)(F)F. The zero-order chi connectivity index (χ0) is 21.7. The van der Waals surface area contributed by atoms with E-state index in [-0.39, 0.29) is 17.6 Å². The van der Waals surface area contributed by atoms with Gasteiger partial charge in [0.25, 0.3) is 0 Å². The van der Waals surface area contributed by atoms with Gasteiger partial charge in [0, 0.05) is 25.6 Å². The molecule has 1 aromatic heterocycles. The molecule has 0 aliphatic carbocycles. The molecule has 164 valence electrons. The minimum Gasteiger partial charge on any atom is -0.475 e. The highest BCUT2D eigenvalue weighted by atomic mass is 32.1. The van der Waals surface area contributed by atoms with Gasteiger partial charge in [0.1, 0.15) is 5.51 Å². The average molecular weight is 438 g/mol. The van der Waals surface area contributed by atoms with E-state index in [2.05, 4.69) is 20.4 Å². The van der Waals surface area contributed by atoms with Crippen LogP contribution in [-0.2, 0) is 14.3 Å². The van der Waals surface area contributed by atoms with Gasteiger partial charge in [-0.1, -0.05) is 11.3 Å². The summed E-state index contributed by atoms with van der Waals surface area (Å²) in [7, 11) is 0. The van der Waals surface area contributed by atoms with Crippen LogP contribution in [0.4, 0.5) is 18.3 Å². The Balaban J connectivity index is 0.000000370. The number of nitrogens with zero attached hydrogens (tertiary/aromatic N) is 3. The average Bonchev–Trinajstić information content (AvgIpc) is 3.26. The Hall–Kier alpha value is -1.95. The number of alkyl halides is 3. The molecule has 1 atom stereocenters. The molecular formula is C17H25F3N4O4S. The molecule has 0 radical (unpaired) electrons. The summed E-state index contributed by atoms with van der Waals surface area (Å²) in [6.45, 7) is 6.62. The molecule has 2 saturated heterocycles. The first-order valence-electron chi connectivity index (χ1n) is 9.25. The van der Waals surface area contributed by atoms with Gasteiger partial charge in [-0.3, -0.25) is 4.79 Å². The van der Waals surface area contributed by atoms with Gasteiger partial charge < -0.3 is 20.1 Å². The van der Waals surface area contributed by atoms with Crippen LogP contribution in [0.1, 0.15) is 39.5 Å². The summed E-state index contributed by atoms with van der Waals surface area (Å²) in [5, 5.41) is 19.1. The molecule has 0 saturated carbocycles. The lowest BCUT2D eigenvalue weighted by atomic mass is 9.84. The monoisotopic (exact) mass is 438 g/mol. The number of carboxylic acids is 1. The number of aromatic nitrogens is 2. The summed E-state index contributed by atoms with van der Waals surface area (Å²) >= 11 is 1.58. The summed E-state index contributed by atoms with van der Waals surface area (Å²) in [5.41, 5.74) is 1.75. The lowest BCUT2D eigenvalue weighted by Gasteiger charge is -2.38. The van der Waals surface area contributed by atoms with Crippen molar-refractivity contribution >= 4 is 28.3 Å². The number of carboxylic acid groups (broad SMARTS) is 1. The summed E-state index contributed by atoms with van der Waals surface area (Å²) in [6, 6.07) is 0.207. The molecule has 3 heterocycles. The van der Waals surface area contributed by atoms with E-state index in [0.717, 1.165) is 37.5 Å². The van der Waals surface area contributed by atoms with Crippen LogP contribution in [0.2, 0.25) is 0 Å².